The molecule has 2 aromatic heterocycles. The number of benzene rings is 1. The molecule has 1 aromatic carbocycles. The van der Waals surface area contributed by atoms with Gasteiger partial charge in [-0.05, 0) is 51.0 Å². The Morgan fingerprint density at radius 2 is 2.15 bits per heavy atom. The smallest absolute Gasteiger partial charge is 0.312 e. The van der Waals surface area contributed by atoms with Gasteiger partial charge >= 0.3 is 5.69 Å². The van der Waals surface area contributed by atoms with Gasteiger partial charge in [0.2, 0.25) is 5.82 Å². The highest BCUT2D eigenvalue weighted by atomic mass is 79.9. The number of nitrogens with zero attached hydrogens (tertiary/aromatic N) is 2. The van der Waals surface area contributed by atoms with Crippen molar-refractivity contribution in [3.05, 3.63) is 56.5 Å². The number of aromatic nitrogens is 1. The number of halogens is 1. The van der Waals surface area contributed by atoms with Crippen molar-refractivity contribution in [1.29, 1.82) is 0 Å². The standard InChI is InChI=1S/C13H8BrN3O2S/c14-9-6-11(17(18)19)13(15-7-9)16-10-1-2-12-8(5-10)3-4-20-12/h1-7H,(H,15,16). The topological polar surface area (TPSA) is 68.1 Å². The van der Waals surface area contributed by atoms with Crippen molar-refractivity contribution >= 4 is 54.5 Å². The summed E-state index contributed by atoms with van der Waals surface area (Å²) in [6, 6.07) is 9.24. The van der Waals surface area contributed by atoms with Gasteiger partial charge < -0.3 is 5.32 Å². The Bertz CT molecular complexity index is 803. The Balaban J connectivity index is 1.99. The van der Waals surface area contributed by atoms with Crippen molar-refractivity contribution in [2.45, 2.75) is 0 Å². The second-order valence-electron chi connectivity index (χ2n) is 4.08. The Morgan fingerprint density at radius 3 is 2.95 bits per heavy atom. The van der Waals surface area contributed by atoms with Gasteiger partial charge in [0.25, 0.3) is 0 Å². The van der Waals surface area contributed by atoms with E-state index in [9.17, 15) is 10.1 Å². The van der Waals surface area contributed by atoms with Gasteiger partial charge in [-0.1, -0.05) is 0 Å². The van der Waals surface area contributed by atoms with Crippen LogP contribution in [0.2, 0.25) is 0 Å². The van der Waals surface area contributed by atoms with Crippen molar-refractivity contribution in [1.82, 2.24) is 4.98 Å². The number of anilines is 2. The first kappa shape index (κ1) is 13.0. The summed E-state index contributed by atoms with van der Waals surface area (Å²) >= 11 is 4.84. The molecule has 0 saturated heterocycles. The van der Waals surface area contributed by atoms with Crippen LogP contribution in [0.25, 0.3) is 10.1 Å². The quantitative estimate of drug-likeness (QED) is 0.549. The molecule has 0 bridgehead atoms. The van der Waals surface area contributed by atoms with E-state index in [0.29, 0.717) is 4.47 Å². The Morgan fingerprint density at radius 1 is 1.30 bits per heavy atom. The maximum Gasteiger partial charge on any atom is 0.312 e. The molecule has 0 amide bonds. The second kappa shape index (κ2) is 5.18. The lowest BCUT2D eigenvalue weighted by atomic mass is 10.2. The lowest BCUT2D eigenvalue weighted by Gasteiger charge is -2.06. The average molecular weight is 350 g/mol. The third-order valence-corrected chi connectivity index (χ3v) is 4.08. The summed E-state index contributed by atoms with van der Waals surface area (Å²) in [5, 5.41) is 17.1. The number of rotatable bonds is 3. The van der Waals surface area contributed by atoms with Crippen LogP contribution in [-0.4, -0.2) is 9.91 Å². The highest BCUT2D eigenvalue weighted by molar-refractivity contribution is 9.10. The molecular weight excluding hydrogens is 342 g/mol. The van der Waals surface area contributed by atoms with Crippen LogP contribution >= 0.6 is 27.3 Å². The van der Waals surface area contributed by atoms with Crippen LogP contribution in [0.4, 0.5) is 17.2 Å². The van der Waals surface area contributed by atoms with Crippen molar-refractivity contribution in [2.75, 3.05) is 5.32 Å². The molecule has 1 N–H and O–H groups in total. The normalized spacial score (nSPS) is 10.7. The minimum absolute atomic E-state index is 0.0650. The number of pyridine rings is 1. The average Bonchev–Trinajstić information content (AvgIpc) is 2.88. The van der Waals surface area contributed by atoms with Crippen LogP contribution in [0.3, 0.4) is 0 Å². The van der Waals surface area contributed by atoms with Crippen LogP contribution in [0, 0.1) is 10.1 Å². The van der Waals surface area contributed by atoms with E-state index in [4.69, 9.17) is 0 Å². The van der Waals surface area contributed by atoms with Crippen LogP contribution in [-0.2, 0) is 0 Å². The molecule has 20 heavy (non-hydrogen) atoms. The first-order valence-electron chi connectivity index (χ1n) is 5.68. The second-order valence-corrected chi connectivity index (χ2v) is 5.94. The lowest BCUT2D eigenvalue weighted by molar-refractivity contribution is -0.384. The van der Waals surface area contributed by atoms with E-state index in [0.717, 1.165) is 11.1 Å². The summed E-state index contributed by atoms with van der Waals surface area (Å²) < 4.78 is 1.75. The van der Waals surface area contributed by atoms with Crippen LogP contribution in [0.15, 0.2) is 46.4 Å². The maximum atomic E-state index is 11.0. The third-order valence-electron chi connectivity index (χ3n) is 2.75. The van der Waals surface area contributed by atoms with Gasteiger partial charge in [0.15, 0.2) is 0 Å². The molecule has 0 saturated carbocycles. The number of hydrogen-bond donors (Lipinski definition) is 1. The molecule has 2 heterocycles. The van der Waals surface area contributed by atoms with E-state index in [1.165, 1.54) is 17.0 Å². The fourth-order valence-electron chi connectivity index (χ4n) is 1.85. The summed E-state index contributed by atoms with van der Waals surface area (Å²) in [6.07, 6.45) is 1.53. The summed E-state index contributed by atoms with van der Waals surface area (Å²) in [7, 11) is 0. The van der Waals surface area contributed by atoms with Crippen molar-refractivity contribution in [3.8, 4) is 0 Å². The molecule has 0 spiro atoms. The number of hydrogen-bond acceptors (Lipinski definition) is 5. The molecule has 0 atom stereocenters. The fourth-order valence-corrected chi connectivity index (χ4v) is 2.94. The Hall–Kier alpha value is -1.99. The predicted molar refractivity (Wildman–Crippen MR) is 83.7 cm³/mol. The zero-order valence-electron chi connectivity index (χ0n) is 10.0. The fraction of sp³-hybridized carbons (Fsp3) is 0. The molecule has 0 unspecified atom stereocenters. The van der Waals surface area contributed by atoms with Gasteiger partial charge in [-0.2, -0.15) is 0 Å². The zero-order chi connectivity index (χ0) is 14.1. The van der Waals surface area contributed by atoms with E-state index in [1.807, 2.05) is 29.6 Å². The van der Waals surface area contributed by atoms with Gasteiger partial charge in [-0.3, -0.25) is 10.1 Å². The molecular formula is C13H8BrN3O2S. The van der Waals surface area contributed by atoms with E-state index >= 15 is 0 Å². The third kappa shape index (κ3) is 2.50. The molecule has 0 radical (unpaired) electrons. The van der Waals surface area contributed by atoms with Crippen molar-refractivity contribution in [2.24, 2.45) is 0 Å². The molecule has 0 aliphatic rings. The van der Waals surface area contributed by atoms with Gasteiger partial charge in [-0.25, -0.2) is 4.98 Å². The number of fused-ring (bicyclic) bond motifs is 1. The van der Waals surface area contributed by atoms with Crippen LogP contribution in [0.1, 0.15) is 0 Å². The summed E-state index contributed by atoms with van der Waals surface area (Å²) in [5.74, 6) is 0.229. The minimum Gasteiger partial charge on any atom is -0.334 e. The minimum atomic E-state index is -0.455. The van der Waals surface area contributed by atoms with Crippen molar-refractivity contribution < 1.29 is 4.92 Å². The first-order valence-corrected chi connectivity index (χ1v) is 7.35. The molecule has 7 heteroatoms. The first-order chi connectivity index (χ1) is 9.63. The summed E-state index contributed by atoms with van der Waals surface area (Å²) in [4.78, 5) is 14.7. The van der Waals surface area contributed by atoms with Gasteiger partial charge in [0.05, 0.1) is 4.92 Å². The number of nitro groups is 1. The summed E-state index contributed by atoms with van der Waals surface area (Å²) in [5.41, 5.74) is 0.707. The Kier molecular flexibility index (Phi) is 3.37. The monoisotopic (exact) mass is 349 g/mol. The van der Waals surface area contributed by atoms with E-state index < -0.39 is 4.92 Å². The van der Waals surface area contributed by atoms with E-state index in [-0.39, 0.29) is 11.5 Å². The number of nitrogens with one attached hydrogen (secondary N) is 1. The maximum absolute atomic E-state index is 11.0. The molecule has 3 rings (SSSR count). The van der Waals surface area contributed by atoms with E-state index in [2.05, 4.69) is 26.2 Å². The van der Waals surface area contributed by atoms with Gasteiger partial charge in [-0.15, -0.1) is 11.3 Å². The molecule has 0 fully saturated rings. The highest BCUT2D eigenvalue weighted by Crippen LogP contribution is 2.30. The lowest BCUT2D eigenvalue weighted by Crippen LogP contribution is -1.99. The summed E-state index contributed by atoms with van der Waals surface area (Å²) in [6.45, 7) is 0. The van der Waals surface area contributed by atoms with Gasteiger partial charge in [0, 0.05) is 27.1 Å². The van der Waals surface area contributed by atoms with Crippen molar-refractivity contribution in [3.63, 3.8) is 0 Å². The Labute approximate surface area is 126 Å². The zero-order valence-corrected chi connectivity index (χ0v) is 12.4. The van der Waals surface area contributed by atoms with Crippen LogP contribution in [0.5, 0.6) is 0 Å². The predicted octanol–water partition coefficient (Wildman–Crippen LogP) is 4.71. The SMILES string of the molecule is O=[N+]([O-])c1cc(Br)cnc1Nc1ccc2sccc2c1. The molecule has 5 nitrogen and oxygen atoms in total. The number of thiophene rings is 1. The molecule has 3 aromatic rings. The molecule has 100 valence electrons. The van der Waals surface area contributed by atoms with Crippen LogP contribution < -0.4 is 5.32 Å². The van der Waals surface area contributed by atoms with Gasteiger partial charge in [0.1, 0.15) is 0 Å². The largest absolute Gasteiger partial charge is 0.334 e. The molecule has 0 aliphatic carbocycles. The highest BCUT2D eigenvalue weighted by Gasteiger charge is 2.16. The molecule has 0 aliphatic heterocycles. The van der Waals surface area contributed by atoms with E-state index in [1.54, 1.807) is 11.3 Å².